The highest BCUT2D eigenvalue weighted by Gasteiger charge is 2.28. The Labute approximate surface area is 118 Å². The van der Waals surface area contributed by atoms with Crippen LogP contribution in [0.25, 0.3) is 0 Å². The summed E-state index contributed by atoms with van der Waals surface area (Å²) in [4.78, 5) is 18.4. The highest BCUT2D eigenvalue weighted by Crippen LogP contribution is 2.19. The Morgan fingerprint density at radius 3 is 3.05 bits per heavy atom. The fourth-order valence-electron chi connectivity index (χ4n) is 2.41. The fraction of sp³-hybridized carbons (Fsp3) is 0.467. The van der Waals surface area contributed by atoms with Gasteiger partial charge in [0.05, 0.1) is 18.2 Å². The summed E-state index contributed by atoms with van der Waals surface area (Å²) in [5.41, 5.74) is 0.794. The average molecular weight is 274 g/mol. The van der Waals surface area contributed by atoms with Crippen molar-refractivity contribution >= 4 is 5.91 Å². The summed E-state index contributed by atoms with van der Waals surface area (Å²) in [6, 6.07) is 3.27. The molecule has 5 heteroatoms. The van der Waals surface area contributed by atoms with E-state index in [1.165, 1.54) is 0 Å². The lowest BCUT2D eigenvalue weighted by atomic mass is 10.0. The number of amides is 1. The van der Waals surface area contributed by atoms with E-state index in [1.807, 2.05) is 0 Å². The molecule has 106 valence electrons. The monoisotopic (exact) mass is 274 g/mol. The highest BCUT2D eigenvalue weighted by molar-refractivity contribution is 5.95. The van der Waals surface area contributed by atoms with E-state index in [0.717, 1.165) is 19.3 Å². The van der Waals surface area contributed by atoms with Crippen molar-refractivity contribution in [2.45, 2.75) is 25.3 Å². The summed E-state index contributed by atoms with van der Waals surface area (Å²) >= 11 is 0. The third kappa shape index (κ3) is 3.16. The van der Waals surface area contributed by atoms with Gasteiger partial charge in [0.1, 0.15) is 12.3 Å². The van der Waals surface area contributed by atoms with Crippen LogP contribution in [0.5, 0.6) is 0 Å². The topological polar surface area (TPSA) is 73.7 Å². The Morgan fingerprint density at radius 2 is 2.30 bits per heavy atom. The number of pyridine rings is 1. The largest absolute Gasteiger partial charge is 0.394 e. The first kappa shape index (κ1) is 14.5. The van der Waals surface area contributed by atoms with E-state index in [1.54, 1.807) is 23.2 Å². The van der Waals surface area contributed by atoms with E-state index < -0.39 is 0 Å². The second-order valence-electron chi connectivity index (χ2n) is 4.69. The molecule has 1 saturated heterocycles. The molecule has 20 heavy (non-hydrogen) atoms. The predicted octanol–water partition coefficient (Wildman–Crippen LogP) is 0.412. The molecule has 1 aliphatic rings. The average Bonchev–Trinajstić information content (AvgIpc) is 2.52. The van der Waals surface area contributed by atoms with Gasteiger partial charge in [0.2, 0.25) is 0 Å². The van der Waals surface area contributed by atoms with Gasteiger partial charge in [-0.05, 0) is 31.4 Å². The minimum atomic E-state index is -0.258. The number of aromatic nitrogens is 1. The number of carbonyl (C=O) groups is 1. The molecule has 0 saturated carbocycles. The maximum atomic E-state index is 12.6. The first-order valence-corrected chi connectivity index (χ1v) is 6.74. The summed E-state index contributed by atoms with van der Waals surface area (Å²) in [7, 11) is 0. The predicted molar refractivity (Wildman–Crippen MR) is 74.0 cm³/mol. The van der Waals surface area contributed by atoms with Crippen LogP contribution in [-0.4, -0.2) is 51.8 Å². The molecule has 5 nitrogen and oxygen atoms in total. The third-order valence-electron chi connectivity index (χ3n) is 3.41. The van der Waals surface area contributed by atoms with Crippen LogP contribution in [-0.2, 0) is 0 Å². The van der Waals surface area contributed by atoms with E-state index in [-0.39, 0.29) is 30.9 Å². The van der Waals surface area contributed by atoms with Gasteiger partial charge < -0.3 is 15.1 Å². The maximum absolute atomic E-state index is 12.6. The smallest absolute Gasteiger partial charge is 0.274 e. The Bertz CT molecular complexity index is 533. The molecule has 2 N–H and O–H groups in total. The molecule has 1 unspecified atom stereocenters. The first-order valence-electron chi connectivity index (χ1n) is 6.74. The van der Waals surface area contributed by atoms with Crippen LogP contribution in [0.15, 0.2) is 18.3 Å². The van der Waals surface area contributed by atoms with E-state index >= 15 is 0 Å². The second kappa shape index (κ2) is 7.04. The minimum absolute atomic E-state index is 0.0315. The number of carbonyl (C=O) groups excluding carboxylic acids is 1. The lowest BCUT2D eigenvalue weighted by Gasteiger charge is -2.34. The zero-order valence-electron chi connectivity index (χ0n) is 11.2. The number of aliphatic hydroxyl groups excluding tert-OH is 2. The number of aliphatic hydroxyl groups is 2. The molecule has 2 heterocycles. The van der Waals surface area contributed by atoms with Crippen LogP contribution < -0.4 is 0 Å². The summed E-state index contributed by atoms with van der Waals surface area (Å²) in [5.74, 6) is 5.07. The number of hydrogen-bond donors (Lipinski definition) is 2. The molecule has 1 aromatic rings. The van der Waals surface area contributed by atoms with Crippen molar-refractivity contribution in [3.8, 4) is 11.8 Å². The molecular formula is C15H18N2O3. The number of rotatable bonds is 2. The van der Waals surface area contributed by atoms with Gasteiger partial charge in [0.15, 0.2) is 0 Å². The van der Waals surface area contributed by atoms with Gasteiger partial charge >= 0.3 is 0 Å². The number of hydrogen-bond acceptors (Lipinski definition) is 4. The quantitative estimate of drug-likeness (QED) is 0.766. The van der Waals surface area contributed by atoms with Gasteiger partial charge in [0.25, 0.3) is 5.91 Å². The third-order valence-corrected chi connectivity index (χ3v) is 3.41. The molecule has 0 spiro atoms. The maximum Gasteiger partial charge on any atom is 0.274 e. The number of nitrogens with zero attached hydrogens (tertiary/aromatic N) is 2. The first-order chi connectivity index (χ1) is 9.77. The minimum Gasteiger partial charge on any atom is -0.394 e. The van der Waals surface area contributed by atoms with Crippen LogP contribution in [0.2, 0.25) is 0 Å². The van der Waals surface area contributed by atoms with Gasteiger partial charge in [-0.1, -0.05) is 11.8 Å². The van der Waals surface area contributed by atoms with Crippen LogP contribution >= 0.6 is 0 Å². The van der Waals surface area contributed by atoms with Crippen molar-refractivity contribution in [3.05, 3.63) is 29.6 Å². The van der Waals surface area contributed by atoms with Crippen molar-refractivity contribution < 1.29 is 15.0 Å². The van der Waals surface area contributed by atoms with Crippen molar-refractivity contribution in [1.82, 2.24) is 9.88 Å². The Balaban J connectivity index is 2.28. The molecular weight excluding hydrogens is 256 g/mol. The van der Waals surface area contributed by atoms with Gasteiger partial charge in [0, 0.05) is 12.7 Å². The molecule has 0 aliphatic carbocycles. The molecule has 2 rings (SSSR count). The van der Waals surface area contributed by atoms with E-state index in [4.69, 9.17) is 5.11 Å². The summed E-state index contributed by atoms with van der Waals surface area (Å²) in [6.07, 6.45) is 4.32. The van der Waals surface area contributed by atoms with E-state index in [0.29, 0.717) is 12.1 Å². The van der Waals surface area contributed by atoms with Gasteiger partial charge in [-0.3, -0.25) is 4.79 Å². The molecule has 0 bridgehead atoms. The van der Waals surface area contributed by atoms with Gasteiger partial charge in [-0.25, -0.2) is 4.98 Å². The fourth-order valence-corrected chi connectivity index (χ4v) is 2.41. The molecule has 1 aromatic heterocycles. The number of piperidine rings is 1. The standard InChI is InChI=1S/C15H18N2O3/c18-10-4-6-12-5-3-8-16-14(12)15(20)17-9-2-1-7-13(17)11-19/h3,5,8,13,18-19H,1-2,7,9-11H2. The summed E-state index contributed by atoms with van der Waals surface area (Å²) in [5, 5.41) is 18.2. The zero-order chi connectivity index (χ0) is 14.4. The van der Waals surface area contributed by atoms with Gasteiger partial charge in [-0.2, -0.15) is 0 Å². The van der Waals surface area contributed by atoms with Crippen LogP contribution in [0.4, 0.5) is 0 Å². The highest BCUT2D eigenvalue weighted by atomic mass is 16.3. The lowest BCUT2D eigenvalue weighted by Crippen LogP contribution is -2.46. The molecule has 0 aromatic carbocycles. The van der Waals surface area contributed by atoms with E-state index in [2.05, 4.69) is 16.8 Å². The van der Waals surface area contributed by atoms with Crippen LogP contribution in [0.3, 0.4) is 0 Å². The molecule has 1 atom stereocenters. The van der Waals surface area contributed by atoms with Crippen molar-refractivity contribution in [3.63, 3.8) is 0 Å². The molecule has 1 fully saturated rings. The van der Waals surface area contributed by atoms with E-state index in [9.17, 15) is 9.90 Å². The van der Waals surface area contributed by atoms with Gasteiger partial charge in [-0.15, -0.1) is 0 Å². The summed E-state index contributed by atoms with van der Waals surface area (Å²) in [6.45, 7) is 0.342. The second-order valence-corrected chi connectivity index (χ2v) is 4.69. The number of likely N-dealkylation sites (tertiary alicyclic amines) is 1. The SMILES string of the molecule is O=C(c1ncccc1C#CCO)N1CCCCC1CO. The normalized spacial score (nSPS) is 18.3. The molecule has 0 radical (unpaired) electrons. The van der Waals surface area contributed by atoms with Crippen molar-refractivity contribution in [2.75, 3.05) is 19.8 Å². The van der Waals surface area contributed by atoms with Crippen molar-refractivity contribution in [2.24, 2.45) is 0 Å². The Morgan fingerprint density at radius 1 is 1.45 bits per heavy atom. The van der Waals surface area contributed by atoms with Crippen LogP contribution in [0.1, 0.15) is 35.3 Å². The summed E-state index contributed by atoms with van der Waals surface area (Å²) < 4.78 is 0. The molecule has 1 amide bonds. The molecule has 1 aliphatic heterocycles. The van der Waals surface area contributed by atoms with Crippen LogP contribution in [0, 0.1) is 11.8 Å². The Hall–Kier alpha value is -1.90. The Kier molecular flexibility index (Phi) is 5.10. The zero-order valence-corrected chi connectivity index (χ0v) is 11.2. The van der Waals surface area contributed by atoms with Crippen molar-refractivity contribution in [1.29, 1.82) is 0 Å². The lowest BCUT2D eigenvalue weighted by molar-refractivity contribution is 0.0497.